The van der Waals surface area contributed by atoms with Crippen molar-refractivity contribution >= 4 is 11.3 Å². The van der Waals surface area contributed by atoms with Gasteiger partial charge in [0, 0.05) is 23.7 Å². The van der Waals surface area contributed by atoms with Gasteiger partial charge in [0.05, 0.1) is 5.51 Å². The van der Waals surface area contributed by atoms with Crippen molar-refractivity contribution in [2.24, 2.45) is 5.41 Å². The van der Waals surface area contributed by atoms with Crippen LogP contribution in [-0.4, -0.2) is 11.0 Å². The molecular formula is C9H14N2S. The lowest BCUT2D eigenvalue weighted by atomic mass is 10.2. The molecule has 12 heavy (non-hydrogen) atoms. The van der Waals surface area contributed by atoms with E-state index in [1.165, 1.54) is 11.3 Å². The highest BCUT2D eigenvalue weighted by Gasteiger charge is 2.44. The molecule has 0 radical (unpaired) electrons. The smallest absolute Gasteiger partial charge is 0.0794 e. The highest BCUT2D eigenvalue weighted by molar-refractivity contribution is 7.09. The van der Waals surface area contributed by atoms with Gasteiger partial charge in [-0.2, -0.15) is 0 Å². The highest BCUT2D eigenvalue weighted by Crippen LogP contribution is 2.44. The summed E-state index contributed by atoms with van der Waals surface area (Å²) < 4.78 is 0. The van der Waals surface area contributed by atoms with Crippen LogP contribution >= 0.6 is 11.3 Å². The van der Waals surface area contributed by atoms with E-state index < -0.39 is 0 Å². The van der Waals surface area contributed by atoms with E-state index in [4.69, 9.17) is 0 Å². The molecule has 0 aliphatic heterocycles. The first-order valence-electron chi connectivity index (χ1n) is 4.29. The van der Waals surface area contributed by atoms with Gasteiger partial charge in [0.1, 0.15) is 0 Å². The molecule has 0 bridgehead atoms. The Bertz CT molecular complexity index is 254. The predicted molar refractivity (Wildman–Crippen MR) is 51.1 cm³/mol. The Morgan fingerprint density at radius 2 is 2.50 bits per heavy atom. The Kier molecular flexibility index (Phi) is 1.93. The van der Waals surface area contributed by atoms with Crippen LogP contribution in [0.3, 0.4) is 0 Å². The van der Waals surface area contributed by atoms with Crippen LogP contribution in [-0.2, 0) is 6.54 Å². The van der Waals surface area contributed by atoms with E-state index in [9.17, 15) is 0 Å². The summed E-state index contributed by atoms with van der Waals surface area (Å²) >= 11 is 1.72. The van der Waals surface area contributed by atoms with Gasteiger partial charge in [0.2, 0.25) is 0 Å². The normalized spacial score (nSPS) is 25.7. The molecule has 1 unspecified atom stereocenters. The maximum atomic E-state index is 4.04. The van der Waals surface area contributed by atoms with Gasteiger partial charge in [0.25, 0.3) is 0 Å². The fourth-order valence-corrected chi connectivity index (χ4v) is 1.91. The van der Waals surface area contributed by atoms with E-state index in [2.05, 4.69) is 24.1 Å². The third kappa shape index (κ3) is 1.67. The van der Waals surface area contributed by atoms with Gasteiger partial charge in [-0.3, -0.25) is 4.98 Å². The molecule has 0 saturated heterocycles. The minimum absolute atomic E-state index is 0.532. The molecule has 1 fully saturated rings. The molecule has 1 N–H and O–H groups in total. The van der Waals surface area contributed by atoms with Crippen molar-refractivity contribution in [3.63, 3.8) is 0 Å². The second-order valence-electron chi connectivity index (χ2n) is 4.09. The zero-order valence-electron chi connectivity index (χ0n) is 7.50. The van der Waals surface area contributed by atoms with E-state index >= 15 is 0 Å². The van der Waals surface area contributed by atoms with Gasteiger partial charge in [-0.1, -0.05) is 13.8 Å². The minimum atomic E-state index is 0.532. The number of hydrogen-bond donors (Lipinski definition) is 1. The molecule has 0 spiro atoms. The lowest BCUT2D eigenvalue weighted by Crippen LogP contribution is -2.19. The maximum absolute atomic E-state index is 4.04. The van der Waals surface area contributed by atoms with Crippen LogP contribution in [0.2, 0.25) is 0 Å². The molecule has 0 aromatic carbocycles. The number of hydrogen-bond acceptors (Lipinski definition) is 3. The summed E-state index contributed by atoms with van der Waals surface area (Å²) in [5.41, 5.74) is 2.42. The summed E-state index contributed by atoms with van der Waals surface area (Å²) in [5, 5.41) is 3.52. The molecule has 1 aliphatic carbocycles. The van der Waals surface area contributed by atoms with Gasteiger partial charge in [-0.05, 0) is 11.8 Å². The van der Waals surface area contributed by atoms with Crippen molar-refractivity contribution in [1.29, 1.82) is 0 Å². The van der Waals surface area contributed by atoms with E-state index in [0.29, 0.717) is 5.41 Å². The third-order valence-corrected chi connectivity index (χ3v) is 3.30. The van der Waals surface area contributed by atoms with Crippen molar-refractivity contribution in [1.82, 2.24) is 10.3 Å². The number of nitrogens with zero attached hydrogens (tertiary/aromatic N) is 1. The first-order chi connectivity index (χ1) is 5.68. The van der Waals surface area contributed by atoms with Crippen molar-refractivity contribution in [3.8, 4) is 0 Å². The first-order valence-corrected chi connectivity index (χ1v) is 5.17. The van der Waals surface area contributed by atoms with Crippen molar-refractivity contribution in [3.05, 3.63) is 16.6 Å². The minimum Gasteiger partial charge on any atom is -0.308 e. The molecular weight excluding hydrogens is 168 g/mol. The summed E-state index contributed by atoms with van der Waals surface area (Å²) in [7, 11) is 0. The number of thiazole rings is 1. The van der Waals surface area contributed by atoms with Crippen LogP contribution < -0.4 is 5.32 Å². The summed E-state index contributed by atoms with van der Waals surface area (Å²) in [5.74, 6) is 0. The lowest BCUT2D eigenvalue weighted by Gasteiger charge is -2.03. The van der Waals surface area contributed by atoms with Gasteiger partial charge in [-0.25, -0.2) is 0 Å². The number of aromatic nitrogens is 1. The largest absolute Gasteiger partial charge is 0.308 e. The number of nitrogens with one attached hydrogen (secondary N) is 1. The van der Waals surface area contributed by atoms with E-state index in [1.807, 2.05) is 11.7 Å². The summed E-state index contributed by atoms with van der Waals surface area (Å²) in [4.78, 5) is 5.37. The fourth-order valence-electron chi connectivity index (χ4n) is 1.37. The topological polar surface area (TPSA) is 24.9 Å². The van der Waals surface area contributed by atoms with E-state index in [-0.39, 0.29) is 0 Å². The maximum Gasteiger partial charge on any atom is 0.0794 e. The Morgan fingerprint density at radius 1 is 1.75 bits per heavy atom. The molecule has 1 atom stereocenters. The lowest BCUT2D eigenvalue weighted by molar-refractivity contribution is 0.544. The number of rotatable bonds is 3. The van der Waals surface area contributed by atoms with Crippen LogP contribution in [0.1, 0.15) is 25.1 Å². The van der Waals surface area contributed by atoms with Crippen LogP contribution in [0.25, 0.3) is 0 Å². The van der Waals surface area contributed by atoms with Crippen LogP contribution in [0.15, 0.2) is 11.7 Å². The van der Waals surface area contributed by atoms with E-state index in [1.54, 1.807) is 11.3 Å². The van der Waals surface area contributed by atoms with Crippen molar-refractivity contribution in [2.45, 2.75) is 32.9 Å². The summed E-state index contributed by atoms with van der Waals surface area (Å²) in [6.45, 7) is 5.59. The Morgan fingerprint density at radius 3 is 3.00 bits per heavy atom. The second kappa shape index (κ2) is 2.82. The van der Waals surface area contributed by atoms with Gasteiger partial charge in [-0.15, -0.1) is 11.3 Å². The standard InChI is InChI=1S/C9H14N2S/c1-9(2)3-8(9)11-5-7-4-10-6-12-7/h4,6,8,11H,3,5H2,1-2H3. The van der Waals surface area contributed by atoms with Gasteiger partial charge < -0.3 is 5.32 Å². The Hall–Kier alpha value is -0.410. The SMILES string of the molecule is CC1(C)CC1NCc1cncs1. The Balaban J connectivity index is 1.78. The van der Waals surface area contributed by atoms with Crippen molar-refractivity contribution in [2.75, 3.05) is 0 Å². The molecule has 1 aromatic heterocycles. The van der Waals surface area contributed by atoms with Crippen LogP contribution in [0, 0.1) is 5.41 Å². The zero-order chi connectivity index (χ0) is 8.60. The second-order valence-corrected chi connectivity index (χ2v) is 5.06. The molecule has 1 aromatic rings. The molecule has 66 valence electrons. The van der Waals surface area contributed by atoms with Crippen LogP contribution in [0.4, 0.5) is 0 Å². The van der Waals surface area contributed by atoms with Gasteiger partial charge in [0.15, 0.2) is 0 Å². The first kappa shape index (κ1) is 8.20. The summed E-state index contributed by atoms with van der Waals surface area (Å²) in [6, 6.07) is 0.722. The highest BCUT2D eigenvalue weighted by atomic mass is 32.1. The molecule has 2 rings (SSSR count). The monoisotopic (exact) mass is 182 g/mol. The van der Waals surface area contributed by atoms with Crippen LogP contribution in [0.5, 0.6) is 0 Å². The quantitative estimate of drug-likeness (QED) is 0.773. The average Bonchev–Trinajstić information content (AvgIpc) is 2.54. The molecule has 1 heterocycles. The molecule has 0 amide bonds. The zero-order valence-corrected chi connectivity index (χ0v) is 8.32. The van der Waals surface area contributed by atoms with E-state index in [0.717, 1.165) is 12.6 Å². The average molecular weight is 182 g/mol. The molecule has 1 saturated carbocycles. The van der Waals surface area contributed by atoms with Crippen molar-refractivity contribution < 1.29 is 0 Å². The Labute approximate surface area is 77.0 Å². The fraction of sp³-hybridized carbons (Fsp3) is 0.667. The molecule has 3 heteroatoms. The summed E-state index contributed by atoms with van der Waals surface area (Å²) in [6.07, 6.45) is 3.25. The third-order valence-electron chi connectivity index (χ3n) is 2.52. The molecule has 1 aliphatic rings. The predicted octanol–water partition coefficient (Wildman–Crippen LogP) is 2.03. The molecule has 2 nitrogen and oxygen atoms in total. The van der Waals surface area contributed by atoms with Gasteiger partial charge >= 0.3 is 0 Å².